The van der Waals surface area contributed by atoms with Crippen molar-refractivity contribution in [3.8, 4) is 11.1 Å². The first kappa shape index (κ1) is 20.0. The van der Waals surface area contributed by atoms with Gasteiger partial charge in [0.15, 0.2) is 6.10 Å². The fourth-order valence-corrected chi connectivity index (χ4v) is 3.22. The number of sulfonamides is 1. The van der Waals surface area contributed by atoms with E-state index in [-0.39, 0.29) is 28.8 Å². The maximum absolute atomic E-state index is 11.9. The zero-order chi connectivity index (χ0) is 20.3. The van der Waals surface area contributed by atoms with E-state index in [1.807, 2.05) is 38.1 Å². The molecule has 1 aliphatic heterocycles. The van der Waals surface area contributed by atoms with Crippen LogP contribution in [0, 0.1) is 5.92 Å². The summed E-state index contributed by atoms with van der Waals surface area (Å²) in [6, 6.07) is 14.0. The number of hydrogen-bond donors (Lipinski definition) is 1. The number of benzene rings is 2. The Morgan fingerprint density at radius 2 is 1.75 bits per heavy atom. The molecule has 0 saturated carbocycles. The van der Waals surface area contributed by atoms with Gasteiger partial charge in [-0.15, -0.1) is 0 Å². The van der Waals surface area contributed by atoms with Crippen LogP contribution in [0.3, 0.4) is 0 Å². The maximum Gasteiger partial charge on any atom is 0.315 e. The largest absolute Gasteiger partial charge is 0.408 e. The van der Waals surface area contributed by atoms with Crippen LogP contribution < -0.4 is 5.14 Å². The van der Waals surface area contributed by atoms with Crippen LogP contribution in [0.4, 0.5) is 0 Å². The predicted octanol–water partition coefficient (Wildman–Crippen LogP) is 3.37. The van der Waals surface area contributed by atoms with E-state index in [9.17, 15) is 13.2 Å². The van der Waals surface area contributed by atoms with Crippen molar-refractivity contribution in [2.75, 3.05) is 0 Å². The van der Waals surface area contributed by atoms with Gasteiger partial charge in [-0.25, -0.2) is 13.6 Å². The van der Waals surface area contributed by atoms with Crippen molar-refractivity contribution in [1.29, 1.82) is 0 Å². The summed E-state index contributed by atoms with van der Waals surface area (Å²) < 4.78 is 28.0. The molecule has 8 heteroatoms. The number of nitrogens with zero attached hydrogens (tertiary/aromatic N) is 1. The number of carbonyl (C=O) groups excluding carboxylic acids is 1. The quantitative estimate of drug-likeness (QED) is 0.772. The van der Waals surface area contributed by atoms with Crippen LogP contribution in [-0.4, -0.2) is 20.3 Å². The van der Waals surface area contributed by atoms with Crippen LogP contribution in [0.5, 0.6) is 0 Å². The molecule has 0 bridgehead atoms. The molecule has 0 aromatic heterocycles. The summed E-state index contributed by atoms with van der Waals surface area (Å²) in [6.07, 6.45) is 0.791. The molecule has 2 aromatic carbocycles. The second-order valence-electron chi connectivity index (χ2n) is 6.70. The van der Waals surface area contributed by atoms with Crippen molar-refractivity contribution in [3.63, 3.8) is 0 Å². The number of primary sulfonamides is 1. The molecule has 2 aromatic rings. The van der Waals surface area contributed by atoms with Crippen molar-refractivity contribution < 1.29 is 22.8 Å². The monoisotopic (exact) mass is 402 g/mol. The summed E-state index contributed by atoms with van der Waals surface area (Å²) in [5.41, 5.74) is 2.70. The molecule has 0 spiro atoms. The molecule has 0 radical (unpaired) electrons. The molecule has 2 atom stereocenters. The first-order valence-electron chi connectivity index (χ1n) is 8.95. The van der Waals surface area contributed by atoms with Gasteiger partial charge in [0.05, 0.1) is 17.2 Å². The molecule has 2 N–H and O–H groups in total. The Hall–Kier alpha value is -2.71. The number of carbonyl (C=O) groups is 1. The van der Waals surface area contributed by atoms with E-state index in [0.717, 1.165) is 16.7 Å². The highest BCUT2D eigenvalue weighted by Crippen LogP contribution is 2.30. The van der Waals surface area contributed by atoms with Crippen LogP contribution in [0.1, 0.15) is 38.4 Å². The van der Waals surface area contributed by atoms with Crippen LogP contribution in [0.25, 0.3) is 11.1 Å². The third-order valence-corrected chi connectivity index (χ3v) is 5.60. The average molecular weight is 402 g/mol. The number of hydrogen-bond acceptors (Lipinski definition) is 6. The minimum Gasteiger partial charge on any atom is -0.408 e. The lowest BCUT2D eigenvalue weighted by atomic mass is 10.0. The molecule has 0 fully saturated rings. The highest BCUT2D eigenvalue weighted by Gasteiger charge is 2.27. The predicted molar refractivity (Wildman–Crippen MR) is 105 cm³/mol. The second kappa shape index (κ2) is 8.12. The zero-order valence-corrected chi connectivity index (χ0v) is 16.5. The molecule has 1 aliphatic rings. The first-order chi connectivity index (χ1) is 13.3. The van der Waals surface area contributed by atoms with Crippen molar-refractivity contribution >= 4 is 21.9 Å². The summed E-state index contributed by atoms with van der Waals surface area (Å²) in [7, 11) is -3.71. The average Bonchev–Trinajstić information content (AvgIpc) is 3.15. The van der Waals surface area contributed by atoms with Crippen LogP contribution in [0.2, 0.25) is 0 Å². The molecule has 3 rings (SSSR count). The summed E-state index contributed by atoms with van der Waals surface area (Å²) in [4.78, 5) is 17.3. The lowest BCUT2D eigenvalue weighted by Crippen LogP contribution is -2.18. The Balaban J connectivity index is 1.65. The molecular formula is C20H22N2O5S. The molecule has 0 saturated heterocycles. The van der Waals surface area contributed by atoms with Crippen molar-refractivity contribution in [2.24, 2.45) is 16.2 Å². The van der Waals surface area contributed by atoms with E-state index in [2.05, 4.69) is 5.16 Å². The van der Waals surface area contributed by atoms with E-state index in [1.165, 1.54) is 12.1 Å². The van der Waals surface area contributed by atoms with Gasteiger partial charge in [0.2, 0.25) is 15.9 Å². The van der Waals surface area contributed by atoms with E-state index in [4.69, 9.17) is 14.7 Å². The summed E-state index contributed by atoms with van der Waals surface area (Å²) in [5, 5.41) is 8.99. The Bertz CT molecular complexity index is 982. The second-order valence-corrected chi connectivity index (χ2v) is 8.27. The number of rotatable bonds is 5. The lowest BCUT2D eigenvalue weighted by molar-refractivity contribution is -0.139. The lowest BCUT2D eigenvalue weighted by Gasteiger charge is -2.10. The summed E-state index contributed by atoms with van der Waals surface area (Å²) >= 11 is 0. The van der Waals surface area contributed by atoms with E-state index >= 15 is 0 Å². The van der Waals surface area contributed by atoms with E-state index < -0.39 is 10.0 Å². The molecule has 0 amide bonds. The van der Waals surface area contributed by atoms with Crippen molar-refractivity contribution in [2.45, 2.75) is 37.7 Å². The Morgan fingerprint density at radius 1 is 1.18 bits per heavy atom. The van der Waals surface area contributed by atoms with Gasteiger partial charge in [-0.3, -0.25) is 4.79 Å². The fourth-order valence-electron chi connectivity index (χ4n) is 2.71. The standard InChI is InChI=1S/C20H22N2O5S/c1-3-13(2)20(23)26-19-12-18(27-22-19)16-6-4-14(5-7-16)15-8-10-17(11-9-15)28(21,24)25/h4-11,13,18H,3,12H2,1-2H3,(H2,21,24,25). The van der Waals surface area contributed by atoms with Gasteiger partial charge in [0.1, 0.15) is 0 Å². The minimum atomic E-state index is -3.71. The third kappa shape index (κ3) is 4.58. The minimum absolute atomic E-state index is 0.0730. The normalized spacial score (nSPS) is 17.5. The highest BCUT2D eigenvalue weighted by atomic mass is 32.2. The first-order valence-corrected chi connectivity index (χ1v) is 10.5. The number of esters is 1. The van der Waals surface area contributed by atoms with Gasteiger partial charge < -0.3 is 9.57 Å². The van der Waals surface area contributed by atoms with Crippen LogP contribution >= 0.6 is 0 Å². The van der Waals surface area contributed by atoms with E-state index in [0.29, 0.717) is 12.8 Å². The smallest absolute Gasteiger partial charge is 0.315 e. The van der Waals surface area contributed by atoms with Gasteiger partial charge in [-0.2, -0.15) is 0 Å². The number of nitrogens with two attached hydrogens (primary N) is 1. The molecule has 1 heterocycles. The van der Waals surface area contributed by atoms with Gasteiger partial charge in [-0.1, -0.05) is 55.4 Å². The van der Waals surface area contributed by atoms with E-state index in [1.54, 1.807) is 12.1 Å². The highest BCUT2D eigenvalue weighted by molar-refractivity contribution is 7.89. The van der Waals surface area contributed by atoms with Crippen LogP contribution in [0.15, 0.2) is 58.6 Å². The van der Waals surface area contributed by atoms with Crippen molar-refractivity contribution in [3.05, 3.63) is 54.1 Å². The Morgan fingerprint density at radius 3 is 2.29 bits per heavy atom. The van der Waals surface area contributed by atoms with Gasteiger partial charge in [-0.05, 0) is 35.2 Å². The summed E-state index contributed by atoms with van der Waals surface area (Å²) in [6.45, 7) is 3.73. The molecular weight excluding hydrogens is 380 g/mol. The van der Waals surface area contributed by atoms with Gasteiger partial charge >= 0.3 is 5.97 Å². The van der Waals surface area contributed by atoms with Crippen LogP contribution in [-0.2, 0) is 24.4 Å². The topological polar surface area (TPSA) is 108 Å². The fraction of sp³-hybridized carbons (Fsp3) is 0.300. The Kier molecular flexibility index (Phi) is 5.81. The van der Waals surface area contributed by atoms with Gasteiger partial charge in [0.25, 0.3) is 0 Å². The number of oxime groups is 1. The number of ether oxygens (including phenoxy) is 1. The molecule has 7 nitrogen and oxygen atoms in total. The Labute approximate surface area is 164 Å². The van der Waals surface area contributed by atoms with Crippen molar-refractivity contribution in [1.82, 2.24) is 0 Å². The molecule has 28 heavy (non-hydrogen) atoms. The van der Waals surface area contributed by atoms with Gasteiger partial charge in [0, 0.05) is 0 Å². The molecule has 2 unspecified atom stereocenters. The third-order valence-electron chi connectivity index (χ3n) is 4.67. The molecule has 0 aliphatic carbocycles. The zero-order valence-electron chi connectivity index (χ0n) is 15.7. The summed E-state index contributed by atoms with van der Waals surface area (Å²) in [5.74, 6) is -0.191. The maximum atomic E-state index is 11.9. The SMILES string of the molecule is CCC(C)C(=O)OC1=NOC(c2ccc(-c3ccc(S(N)(=O)=O)cc3)cc2)C1. The molecule has 148 valence electrons.